The van der Waals surface area contributed by atoms with Crippen LogP contribution in [0.5, 0.6) is 23.0 Å². The summed E-state index contributed by atoms with van der Waals surface area (Å²) >= 11 is 10.7. The molecule has 0 fully saturated rings. The number of sulfonamides is 2. The molecule has 0 aromatic heterocycles. The summed E-state index contributed by atoms with van der Waals surface area (Å²) < 4.78 is 71.7. The van der Waals surface area contributed by atoms with E-state index < -0.39 is 25.1 Å². The first-order valence-corrected chi connectivity index (χ1v) is 14.4. The predicted octanol–water partition coefficient (Wildman–Crippen LogP) is 1.26. The minimum absolute atomic E-state index is 0.0214. The lowest BCUT2D eigenvalue weighted by Gasteiger charge is -2.24. The molecule has 37 heavy (non-hydrogen) atoms. The molecule has 16 heteroatoms. The third kappa shape index (κ3) is 8.11. The molecule has 0 aliphatic heterocycles. The van der Waals surface area contributed by atoms with Gasteiger partial charge in [-0.15, -0.1) is 9.66 Å². The van der Waals surface area contributed by atoms with E-state index in [2.05, 4.69) is 9.66 Å². The molecule has 12 nitrogen and oxygen atoms in total. The molecular weight excluding hydrogens is 565 g/mol. The Morgan fingerprint density at radius 1 is 0.703 bits per heavy atom. The fraction of sp³-hybridized carbons (Fsp3) is 0.333. The Kier molecular flexibility index (Phi) is 10.4. The van der Waals surface area contributed by atoms with E-state index in [0.29, 0.717) is 34.1 Å². The van der Waals surface area contributed by atoms with Crippen molar-refractivity contribution >= 4 is 54.5 Å². The molecule has 204 valence electrons. The van der Waals surface area contributed by atoms with Crippen LogP contribution >= 0.6 is 24.4 Å². The van der Waals surface area contributed by atoms with E-state index in [-0.39, 0.29) is 9.98 Å². The predicted molar refractivity (Wildman–Crippen MR) is 147 cm³/mol. The highest BCUT2D eigenvalue weighted by Crippen LogP contribution is 2.26. The number of methoxy groups -OCH3 is 4. The molecule has 0 saturated heterocycles. The Hall–Kier alpha value is -2.76. The molecule has 2 rings (SSSR count). The summed E-state index contributed by atoms with van der Waals surface area (Å²) in [4.78, 5) is 4.30. The molecule has 0 saturated carbocycles. The maximum atomic E-state index is 12.7. The van der Waals surface area contributed by atoms with Gasteiger partial charge in [0.15, 0.2) is 5.08 Å². The van der Waals surface area contributed by atoms with Crippen molar-refractivity contribution in [2.24, 2.45) is 0 Å². The van der Waals surface area contributed by atoms with Crippen molar-refractivity contribution in [3.05, 3.63) is 47.5 Å². The SMILES string of the molecule is COc1ccc(OC)c(C(=S)N(C)NS(=O)(=O)CS(=O)(=O)NN(C)C(=S)c2cc(OC)ccc2OC)c1. The summed E-state index contributed by atoms with van der Waals surface area (Å²) in [7, 11) is -0.426. The third-order valence-electron chi connectivity index (χ3n) is 4.75. The minimum atomic E-state index is -4.43. The Balaban J connectivity index is 2.16. The van der Waals surface area contributed by atoms with E-state index in [9.17, 15) is 16.8 Å². The van der Waals surface area contributed by atoms with Crippen LogP contribution in [-0.2, 0) is 20.0 Å². The second kappa shape index (κ2) is 12.7. The fourth-order valence-corrected chi connectivity index (χ4v) is 6.68. The summed E-state index contributed by atoms with van der Waals surface area (Å²) in [5.74, 6) is 1.67. The van der Waals surface area contributed by atoms with E-state index in [1.54, 1.807) is 36.4 Å². The second-order valence-corrected chi connectivity index (χ2v) is 11.9. The van der Waals surface area contributed by atoms with Crippen LogP contribution < -0.4 is 28.6 Å². The number of ether oxygens (including phenoxy) is 4. The van der Waals surface area contributed by atoms with Crippen molar-refractivity contribution in [2.75, 3.05) is 47.6 Å². The normalized spacial score (nSPS) is 11.4. The van der Waals surface area contributed by atoms with E-state index in [4.69, 9.17) is 43.4 Å². The lowest BCUT2D eigenvalue weighted by atomic mass is 10.2. The zero-order valence-corrected chi connectivity index (χ0v) is 24.2. The van der Waals surface area contributed by atoms with Crippen LogP contribution in [0.1, 0.15) is 11.1 Å². The molecule has 2 aromatic carbocycles. The molecule has 0 amide bonds. The van der Waals surface area contributed by atoms with Gasteiger partial charge in [-0.2, -0.15) is 0 Å². The van der Waals surface area contributed by atoms with Gasteiger partial charge >= 0.3 is 0 Å². The number of thiocarbonyl (C=S) groups is 2. The smallest absolute Gasteiger partial charge is 0.244 e. The molecule has 0 heterocycles. The molecule has 0 aliphatic carbocycles. The number of benzene rings is 2. The van der Waals surface area contributed by atoms with Crippen LogP contribution in [0.3, 0.4) is 0 Å². The topological polar surface area (TPSA) is 136 Å². The molecule has 0 radical (unpaired) electrons. The maximum absolute atomic E-state index is 12.7. The first-order chi connectivity index (χ1) is 17.3. The Morgan fingerprint density at radius 3 is 1.35 bits per heavy atom. The monoisotopic (exact) mass is 592 g/mol. The van der Waals surface area contributed by atoms with Crippen LogP contribution in [0.25, 0.3) is 0 Å². The largest absolute Gasteiger partial charge is 0.497 e. The van der Waals surface area contributed by atoms with Crippen molar-refractivity contribution in [1.82, 2.24) is 19.7 Å². The van der Waals surface area contributed by atoms with E-state index in [0.717, 1.165) is 10.0 Å². The zero-order chi connectivity index (χ0) is 28.0. The van der Waals surface area contributed by atoms with Crippen LogP contribution in [-0.4, -0.2) is 84.4 Å². The molecule has 0 unspecified atom stereocenters. The summed E-state index contributed by atoms with van der Waals surface area (Å²) in [6, 6.07) is 9.63. The van der Waals surface area contributed by atoms with E-state index in [1.165, 1.54) is 42.5 Å². The quantitative estimate of drug-likeness (QED) is 0.271. The minimum Gasteiger partial charge on any atom is -0.497 e. The van der Waals surface area contributed by atoms with Crippen molar-refractivity contribution in [3.8, 4) is 23.0 Å². The lowest BCUT2D eigenvalue weighted by molar-refractivity contribution is 0.399. The summed E-state index contributed by atoms with van der Waals surface area (Å²) in [5, 5.41) is 0.671. The molecule has 2 aromatic rings. The van der Waals surface area contributed by atoms with Gasteiger partial charge < -0.3 is 18.9 Å². The van der Waals surface area contributed by atoms with Crippen LogP contribution in [0.2, 0.25) is 0 Å². The van der Waals surface area contributed by atoms with Crippen molar-refractivity contribution in [2.45, 2.75) is 0 Å². The molecule has 0 bridgehead atoms. The van der Waals surface area contributed by atoms with Crippen molar-refractivity contribution in [1.29, 1.82) is 0 Å². The van der Waals surface area contributed by atoms with Crippen molar-refractivity contribution in [3.63, 3.8) is 0 Å². The van der Waals surface area contributed by atoms with Gasteiger partial charge in [-0.1, -0.05) is 24.4 Å². The first-order valence-electron chi connectivity index (χ1n) is 10.3. The highest BCUT2D eigenvalue weighted by atomic mass is 32.3. The first kappa shape index (κ1) is 30.5. The third-order valence-corrected chi connectivity index (χ3v) is 9.32. The van der Waals surface area contributed by atoms with Crippen molar-refractivity contribution < 1.29 is 35.8 Å². The number of hydrogen-bond donors (Lipinski definition) is 2. The molecule has 0 aliphatic rings. The molecular formula is C21H28N4O8S4. The lowest BCUT2D eigenvalue weighted by Crippen LogP contribution is -2.49. The molecule has 0 atom stereocenters. The average molecular weight is 593 g/mol. The van der Waals surface area contributed by atoms with Gasteiger partial charge in [-0.3, -0.25) is 10.0 Å². The van der Waals surface area contributed by atoms with Crippen LogP contribution in [0.4, 0.5) is 0 Å². The number of hydrogen-bond acceptors (Lipinski definition) is 10. The van der Waals surface area contributed by atoms with Gasteiger partial charge in [-0.25, -0.2) is 16.8 Å². The van der Waals surface area contributed by atoms with Gasteiger partial charge in [0.05, 0.1) is 39.6 Å². The summed E-state index contributed by atoms with van der Waals surface area (Å²) in [6.07, 6.45) is 0. The van der Waals surface area contributed by atoms with E-state index in [1.807, 2.05) is 0 Å². The highest BCUT2D eigenvalue weighted by Gasteiger charge is 2.27. The van der Waals surface area contributed by atoms with Gasteiger partial charge in [0, 0.05) is 14.1 Å². The zero-order valence-electron chi connectivity index (χ0n) is 21.0. The summed E-state index contributed by atoms with van der Waals surface area (Å²) in [6.45, 7) is 0. The van der Waals surface area contributed by atoms with E-state index >= 15 is 0 Å². The van der Waals surface area contributed by atoms with Gasteiger partial charge in [0.2, 0.25) is 20.0 Å². The number of hydrazine groups is 2. The standard InChI is InChI=1S/C21H28N4O8S4/c1-24(20(34)16-11-14(30-3)7-9-18(16)32-5)22-36(26,27)13-37(28,29)23-25(2)21(35)17-12-15(31-4)8-10-19(17)33-6/h7-12,22-23H,13H2,1-6H3. The Bertz CT molecular complexity index is 1260. The van der Waals surface area contributed by atoms with Gasteiger partial charge in [-0.05, 0) is 36.4 Å². The van der Waals surface area contributed by atoms with Gasteiger partial charge in [0.25, 0.3) is 0 Å². The van der Waals surface area contributed by atoms with Crippen LogP contribution in [0, 0.1) is 0 Å². The number of nitrogens with one attached hydrogen (secondary N) is 2. The number of nitrogens with zero attached hydrogens (tertiary/aromatic N) is 2. The Labute approximate surface area is 227 Å². The molecule has 2 N–H and O–H groups in total. The van der Waals surface area contributed by atoms with Crippen LogP contribution in [0.15, 0.2) is 36.4 Å². The second-order valence-electron chi connectivity index (χ2n) is 7.39. The highest BCUT2D eigenvalue weighted by molar-refractivity contribution is 8.06. The molecule has 0 spiro atoms. The maximum Gasteiger partial charge on any atom is 0.244 e. The Morgan fingerprint density at radius 2 is 1.05 bits per heavy atom. The fourth-order valence-electron chi connectivity index (χ4n) is 3.08. The summed E-state index contributed by atoms with van der Waals surface area (Å²) in [5.41, 5.74) is 0.723. The van der Waals surface area contributed by atoms with Gasteiger partial charge in [0.1, 0.15) is 33.0 Å². The average Bonchev–Trinajstić information content (AvgIpc) is 2.85. The number of rotatable bonds is 12.